The summed E-state index contributed by atoms with van der Waals surface area (Å²) < 4.78 is 0. The van der Waals surface area contributed by atoms with Gasteiger partial charge in [0.05, 0.1) is 13.1 Å². The Bertz CT molecular complexity index is 1670. The van der Waals surface area contributed by atoms with E-state index in [4.69, 9.17) is 0 Å². The fraction of sp³-hybridized carbons (Fsp3) is 0.422. The Hall–Kier alpha value is -4.18. The number of phenolic OH excluding ortho intramolecular Hbond substituents is 2. The van der Waals surface area contributed by atoms with Gasteiger partial charge in [-0.3, -0.25) is 9.98 Å². The lowest BCUT2D eigenvalue weighted by Crippen LogP contribution is -2.25. The molecule has 4 aromatic rings. The molecule has 0 atom stereocenters. The maximum absolute atomic E-state index is 10.7. The Kier molecular flexibility index (Phi) is 13.7. The van der Waals surface area contributed by atoms with E-state index in [1.54, 1.807) is 30.6 Å². The Morgan fingerprint density at radius 1 is 0.510 bits per heavy atom. The van der Waals surface area contributed by atoms with E-state index < -0.39 is 0 Å². The molecule has 0 radical (unpaired) electrons. The molecule has 0 fully saturated rings. The van der Waals surface area contributed by atoms with Crippen molar-refractivity contribution in [2.75, 3.05) is 13.1 Å². The molecule has 1 aliphatic carbocycles. The van der Waals surface area contributed by atoms with Gasteiger partial charge < -0.3 is 10.2 Å². The molecule has 0 unspecified atom stereocenters. The second-order valence-corrected chi connectivity index (χ2v) is 13.8. The van der Waals surface area contributed by atoms with Gasteiger partial charge in [-0.15, -0.1) is 0 Å². The van der Waals surface area contributed by atoms with E-state index in [9.17, 15) is 10.2 Å². The lowest BCUT2D eigenvalue weighted by molar-refractivity contribution is 0.398. The fourth-order valence-corrected chi connectivity index (χ4v) is 7.59. The first kappa shape index (κ1) is 36.1. The number of para-hydroxylation sites is 1. The second kappa shape index (κ2) is 18.5. The van der Waals surface area contributed by atoms with Crippen LogP contribution < -0.4 is 0 Å². The molecule has 0 aromatic heterocycles. The predicted octanol–water partition coefficient (Wildman–Crippen LogP) is 12.1. The first-order valence-corrected chi connectivity index (χ1v) is 18.9. The number of nitrogens with zero attached hydrogens (tertiary/aromatic N) is 2. The zero-order chi connectivity index (χ0) is 34.3. The second-order valence-electron chi connectivity index (χ2n) is 13.8. The van der Waals surface area contributed by atoms with Crippen molar-refractivity contribution in [3.05, 3.63) is 107 Å². The van der Waals surface area contributed by atoms with Gasteiger partial charge in [-0.2, -0.15) is 0 Å². The maximum atomic E-state index is 10.7. The molecular weight excluding hydrogens is 601 g/mol. The molecule has 4 aromatic carbocycles. The summed E-state index contributed by atoms with van der Waals surface area (Å²) in [6.45, 7) is 5.57. The molecule has 4 heteroatoms. The van der Waals surface area contributed by atoms with E-state index in [-0.39, 0.29) is 16.9 Å². The van der Waals surface area contributed by atoms with Crippen LogP contribution in [-0.4, -0.2) is 35.7 Å². The average molecular weight is 657 g/mol. The van der Waals surface area contributed by atoms with Crippen LogP contribution in [-0.2, 0) is 5.41 Å². The van der Waals surface area contributed by atoms with Crippen molar-refractivity contribution in [2.24, 2.45) is 9.98 Å². The number of phenols is 2. The van der Waals surface area contributed by atoms with Crippen LogP contribution in [0.5, 0.6) is 11.5 Å². The van der Waals surface area contributed by atoms with Gasteiger partial charge in [-0.25, -0.2) is 0 Å². The van der Waals surface area contributed by atoms with Crippen LogP contribution >= 0.6 is 0 Å². The molecule has 0 aliphatic heterocycles. The molecule has 4 nitrogen and oxygen atoms in total. The van der Waals surface area contributed by atoms with E-state index in [1.807, 2.05) is 18.2 Å². The number of benzene rings is 4. The highest BCUT2D eigenvalue weighted by Gasteiger charge is 2.42. The van der Waals surface area contributed by atoms with Gasteiger partial charge in [-0.1, -0.05) is 145 Å². The molecule has 0 saturated heterocycles. The van der Waals surface area contributed by atoms with Crippen molar-refractivity contribution in [2.45, 2.75) is 109 Å². The molecule has 258 valence electrons. The summed E-state index contributed by atoms with van der Waals surface area (Å²) in [4.78, 5) is 8.96. The minimum Gasteiger partial charge on any atom is -0.507 e. The molecule has 0 heterocycles. The minimum absolute atomic E-state index is 0.0374. The predicted molar refractivity (Wildman–Crippen MR) is 209 cm³/mol. The van der Waals surface area contributed by atoms with Crippen molar-refractivity contribution in [1.82, 2.24) is 0 Å². The van der Waals surface area contributed by atoms with Crippen LogP contribution in [0.3, 0.4) is 0 Å². The highest BCUT2D eigenvalue weighted by atomic mass is 16.3. The molecule has 2 N–H and O–H groups in total. The van der Waals surface area contributed by atoms with Gasteiger partial charge in [0.15, 0.2) is 0 Å². The third-order valence-corrected chi connectivity index (χ3v) is 10.3. The van der Waals surface area contributed by atoms with Gasteiger partial charge in [0.2, 0.25) is 0 Å². The maximum Gasteiger partial charge on any atom is 0.124 e. The van der Waals surface area contributed by atoms with Crippen molar-refractivity contribution >= 4 is 12.4 Å². The smallest absolute Gasteiger partial charge is 0.124 e. The van der Waals surface area contributed by atoms with Gasteiger partial charge in [0.1, 0.15) is 11.5 Å². The van der Waals surface area contributed by atoms with Crippen LogP contribution in [0.25, 0.3) is 22.3 Å². The summed E-state index contributed by atoms with van der Waals surface area (Å²) >= 11 is 0. The normalized spacial score (nSPS) is 13.3. The third kappa shape index (κ3) is 9.29. The summed E-state index contributed by atoms with van der Waals surface area (Å²) in [7, 11) is 0. The molecule has 1 aliphatic rings. The highest BCUT2D eigenvalue weighted by Crippen LogP contribution is 2.55. The minimum atomic E-state index is 0.0374. The van der Waals surface area contributed by atoms with E-state index >= 15 is 0 Å². The quantitative estimate of drug-likeness (QED) is 0.0734. The molecule has 5 rings (SSSR count). The zero-order valence-electron chi connectivity index (χ0n) is 29.8. The van der Waals surface area contributed by atoms with Crippen molar-refractivity contribution in [3.63, 3.8) is 0 Å². The topological polar surface area (TPSA) is 65.2 Å². The number of hydrogen-bond donors (Lipinski definition) is 2. The van der Waals surface area contributed by atoms with Gasteiger partial charge >= 0.3 is 0 Å². The zero-order valence-corrected chi connectivity index (χ0v) is 29.8. The lowest BCUT2D eigenvalue weighted by atomic mass is 9.70. The number of unbranched alkanes of at least 4 members (excludes halogenated alkanes) is 10. The molecule has 0 saturated carbocycles. The third-order valence-electron chi connectivity index (χ3n) is 10.3. The largest absolute Gasteiger partial charge is 0.507 e. The Balaban J connectivity index is 1.38. The molecule has 0 bridgehead atoms. The fourth-order valence-electron chi connectivity index (χ4n) is 7.59. The SMILES string of the molecule is CCCCCCCCC1(CCCCCCCC)c2ccccc2-c2ccc(-c3ccc(O)c(C=NCCN=Cc4ccccc4O)c3)cc21. The Labute approximate surface area is 295 Å². The van der Waals surface area contributed by atoms with Crippen LogP contribution in [0.2, 0.25) is 0 Å². The monoisotopic (exact) mass is 656 g/mol. The summed E-state index contributed by atoms with van der Waals surface area (Å²) in [5, 5.41) is 20.7. The van der Waals surface area contributed by atoms with Crippen molar-refractivity contribution in [3.8, 4) is 33.8 Å². The van der Waals surface area contributed by atoms with Crippen LogP contribution in [0.1, 0.15) is 126 Å². The average Bonchev–Trinajstić information content (AvgIpc) is 3.39. The Morgan fingerprint density at radius 2 is 1.04 bits per heavy atom. The molecule has 49 heavy (non-hydrogen) atoms. The van der Waals surface area contributed by atoms with Crippen molar-refractivity contribution < 1.29 is 10.2 Å². The number of rotatable bonds is 20. The van der Waals surface area contributed by atoms with Gasteiger partial charge in [-0.05, 0) is 76.6 Å². The number of aliphatic imine (C=N–C) groups is 2. The van der Waals surface area contributed by atoms with E-state index in [1.165, 1.54) is 118 Å². The van der Waals surface area contributed by atoms with Crippen LogP contribution in [0.4, 0.5) is 0 Å². The van der Waals surface area contributed by atoms with Crippen molar-refractivity contribution in [1.29, 1.82) is 0 Å². The molecule has 0 amide bonds. The Morgan fingerprint density at radius 3 is 1.73 bits per heavy atom. The van der Waals surface area contributed by atoms with Gasteiger partial charge in [0, 0.05) is 29.0 Å². The van der Waals surface area contributed by atoms with E-state index in [0.717, 1.165) is 5.56 Å². The van der Waals surface area contributed by atoms with Gasteiger partial charge in [0.25, 0.3) is 0 Å². The van der Waals surface area contributed by atoms with Crippen LogP contribution in [0.15, 0.2) is 94.9 Å². The standard InChI is InChI=1S/C45H56N2O2/c1-3-5-7-9-11-17-27-45(28-18-12-10-8-6-4-2)41-21-15-14-20-39(41)40-25-23-36(32-42(40)45)35-24-26-44(49)38(31-35)34-47-30-29-46-33-37-19-13-16-22-43(37)48/h13-16,19-26,31-34,48-49H,3-12,17-18,27-30H2,1-2H3. The van der Waals surface area contributed by atoms with E-state index in [2.05, 4.69) is 72.4 Å². The van der Waals surface area contributed by atoms with Crippen LogP contribution in [0, 0.1) is 0 Å². The lowest BCUT2D eigenvalue weighted by Gasteiger charge is -2.33. The number of hydrogen-bond acceptors (Lipinski definition) is 4. The number of aromatic hydroxyl groups is 2. The summed E-state index contributed by atoms with van der Waals surface area (Å²) in [5.74, 6) is 0.438. The highest BCUT2D eigenvalue weighted by molar-refractivity contribution is 5.88. The van der Waals surface area contributed by atoms with E-state index in [0.29, 0.717) is 24.2 Å². The molecule has 0 spiro atoms. The number of fused-ring (bicyclic) bond motifs is 3. The first-order chi connectivity index (χ1) is 24.1. The summed E-state index contributed by atoms with van der Waals surface area (Å²) in [6.07, 6.45) is 21.5. The molecular formula is C45H56N2O2. The first-order valence-electron chi connectivity index (χ1n) is 18.9. The summed E-state index contributed by atoms with van der Waals surface area (Å²) in [6, 6.07) is 29.3. The summed E-state index contributed by atoms with van der Waals surface area (Å²) in [5.41, 5.74) is 9.51.